The van der Waals surface area contributed by atoms with Gasteiger partial charge in [-0.25, -0.2) is 4.79 Å². The number of likely N-dealkylation sites (tertiary alicyclic amines) is 1. The fourth-order valence-electron chi connectivity index (χ4n) is 2.54. The Morgan fingerprint density at radius 1 is 1.33 bits per heavy atom. The van der Waals surface area contributed by atoms with Gasteiger partial charge in [-0.2, -0.15) is 0 Å². The van der Waals surface area contributed by atoms with Crippen LogP contribution in [0, 0.1) is 0 Å². The molecule has 0 bridgehead atoms. The SMILES string of the molecule is COC(=O)[C@H]1CCCCN1C(=O)Cc1ccc(Cl)cc1Cl. The fraction of sp³-hybridized carbons (Fsp3) is 0.467. The summed E-state index contributed by atoms with van der Waals surface area (Å²) in [6, 6.07) is 4.56. The third-order valence-corrected chi connectivity index (χ3v) is 4.24. The lowest BCUT2D eigenvalue weighted by Crippen LogP contribution is -2.49. The van der Waals surface area contributed by atoms with E-state index in [1.807, 2.05) is 0 Å². The van der Waals surface area contributed by atoms with Crippen LogP contribution in [0.15, 0.2) is 18.2 Å². The minimum absolute atomic E-state index is 0.116. The number of hydrogen-bond acceptors (Lipinski definition) is 3. The van der Waals surface area contributed by atoms with Gasteiger partial charge in [0.05, 0.1) is 13.5 Å². The van der Waals surface area contributed by atoms with Gasteiger partial charge in [-0.3, -0.25) is 4.79 Å². The lowest BCUT2D eigenvalue weighted by atomic mass is 10.0. The number of methoxy groups -OCH3 is 1. The molecule has 0 N–H and O–H groups in total. The van der Waals surface area contributed by atoms with Gasteiger partial charge in [0.25, 0.3) is 0 Å². The average molecular weight is 330 g/mol. The zero-order valence-corrected chi connectivity index (χ0v) is 13.3. The second-order valence-electron chi connectivity index (χ2n) is 5.03. The highest BCUT2D eigenvalue weighted by molar-refractivity contribution is 6.35. The van der Waals surface area contributed by atoms with Crippen molar-refractivity contribution in [3.05, 3.63) is 33.8 Å². The monoisotopic (exact) mass is 329 g/mol. The number of halogens is 2. The van der Waals surface area contributed by atoms with Crippen molar-refractivity contribution in [2.45, 2.75) is 31.7 Å². The van der Waals surface area contributed by atoms with E-state index in [-0.39, 0.29) is 18.3 Å². The molecule has 0 aliphatic carbocycles. The van der Waals surface area contributed by atoms with E-state index in [0.29, 0.717) is 28.6 Å². The number of amides is 1. The minimum Gasteiger partial charge on any atom is -0.467 e. The fourth-order valence-corrected chi connectivity index (χ4v) is 3.02. The average Bonchev–Trinajstić information content (AvgIpc) is 2.49. The highest BCUT2D eigenvalue weighted by Crippen LogP contribution is 2.24. The molecule has 2 rings (SSSR count). The molecule has 1 heterocycles. The van der Waals surface area contributed by atoms with Crippen LogP contribution < -0.4 is 0 Å². The Balaban J connectivity index is 2.12. The molecule has 0 unspecified atom stereocenters. The van der Waals surface area contributed by atoms with Crippen LogP contribution in [0.3, 0.4) is 0 Å². The normalized spacial score (nSPS) is 18.4. The first kappa shape index (κ1) is 16.1. The van der Waals surface area contributed by atoms with Crippen molar-refractivity contribution < 1.29 is 14.3 Å². The molecule has 1 saturated heterocycles. The van der Waals surface area contributed by atoms with Crippen LogP contribution in [-0.2, 0) is 20.7 Å². The summed E-state index contributed by atoms with van der Waals surface area (Å²) in [6.07, 6.45) is 2.62. The molecule has 1 aliphatic rings. The van der Waals surface area contributed by atoms with Gasteiger partial charge in [0.1, 0.15) is 6.04 Å². The topological polar surface area (TPSA) is 46.6 Å². The first-order valence-electron chi connectivity index (χ1n) is 6.84. The summed E-state index contributed by atoms with van der Waals surface area (Å²) >= 11 is 11.9. The summed E-state index contributed by atoms with van der Waals surface area (Å²) in [5.41, 5.74) is 0.709. The Kier molecular flexibility index (Phi) is 5.48. The van der Waals surface area contributed by atoms with Crippen molar-refractivity contribution in [2.75, 3.05) is 13.7 Å². The standard InChI is InChI=1S/C15H17Cl2NO3/c1-21-15(20)13-4-2-3-7-18(13)14(19)8-10-5-6-11(16)9-12(10)17/h5-6,9,13H,2-4,7-8H2,1H3/t13-/m1/s1. The van der Waals surface area contributed by atoms with Crippen molar-refractivity contribution in [3.8, 4) is 0 Å². The van der Waals surface area contributed by atoms with Gasteiger partial charge < -0.3 is 9.64 Å². The molecule has 0 aromatic heterocycles. The van der Waals surface area contributed by atoms with Crippen LogP contribution in [0.5, 0.6) is 0 Å². The molecule has 1 fully saturated rings. The summed E-state index contributed by atoms with van der Waals surface area (Å²) in [7, 11) is 1.34. The Morgan fingerprint density at radius 2 is 2.10 bits per heavy atom. The van der Waals surface area contributed by atoms with Crippen molar-refractivity contribution in [1.29, 1.82) is 0 Å². The Bertz CT molecular complexity index is 548. The zero-order valence-electron chi connectivity index (χ0n) is 11.8. The second kappa shape index (κ2) is 7.14. The maximum atomic E-state index is 12.5. The maximum absolute atomic E-state index is 12.5. The van der Waals surface area contributed by atoms with Crippen molar-refractivity contribution >= 4 is 35.1 Å². The highest BCUT2D eigenvalue weighted by Gasteiger charge is 2.32. The van der Waals surface area contributed by atoms with Gasteiger partial charge in [0.2, 0.25) is 5.91 Å². The van der Waals surface area contributed by atoms with E-state index in [4.69, 9.17) is 27.9 Å². The van der Waals surface area contributed by atoms with Crippen LogP contribution in [-0.4, -0.2) is 36.5 Å². The Labute approximate surface area is 134 Å². The Hall–Kier alpha value is -1.26. The van der Waals surface area contributed by atoms with Crippen LogP contribution in [0.4, 0.5) is 0 Å². The summed E-state index contributed by atoms with van der Waals surface area (Å²) in [5.74, 6) is -0.473. The van der Waals surface area contributed by atoms with Gasteiger partial charge >= 0.3 is 5.97 Å². The van der Waals surface area contributed by atoms with E-state index in [9.17, 15) is 9.59 Å². The van der Waals surface area contributed by atoms with Crippen molar-refractivity contribution in [3.63, 3.8) is 0 Å². The number of piperidine rings is 1. The first-order chi connectivity index (χ1) is 10.0. The van der Waals surface area contributed by atoms with Crippen molar-refractivity contribution in [1.82, 2.24) is 4.90 Å². The molecular formula is C15H17Cl2NO3. The third-order valence-electron chi connectivity index (χ3n) is 3.65. The summed E-state index contributed by atoms with van der Waals surface area (Å²) in [5, 5.41) is 0.990. The van der Waals surface area contributed by atoms with E-state index in [2.05, 4.69) is 0 Å². The van der Waals surface area contributed by atoms with Crippen LogP contribution in [0.2, 0.25) is 10.0 Å². The quantitative estimate of drug-likeness (QED) is 0.800. The number of rotatable bonds is 3. The second-order valence-corrected chi connectivity index (χ2v) is 5.88. The summed E-state index contributed by atoms with van der Waals surface area (Å²) in [4.78, 5) is 25.8. The lowest BCUT2D eigenvalue weighted by Gasteiger charge is -2.33. The molecule has 0 radical (unpaired) electrons. The van der Waals surface area contributed by atoms with E-state index in [1.165, 1.54) is 7.11 Å². The van der Waals surface area contributed by atoms with Crippen LogP contribution >= 0.6 is 23.2 Å². The number of ether oxygens (including phenoxy) is 1. The minimum atomic E-state index is -0.484. The highest BCUT2D eigenvalue weighted by atomic mass is 35.5. The van der Waals surface area contributed by atoms with Crippen LogP contribution in [0.25, 0.3) is 0 Å². The number of carbonyl (C=O) groups excluding carboxylic acids is 2. The van der Waals surface area contributed by atoms with Gasteiger partial charge in [-0.05, 0) is 37.0 Å². The predicted octanol–water partition coefficient (Wildman–Crippen LogP) is 3.09. The molecule has 1 atom stereocenters. The summed E-state index contributed by atoms with van der Waals surface area (Å²) in [6.45, 7) is 0.573. The van der Waals surface area contributed by atoms with E-state index < -0.39 is 6.04 Å². The predicted molar refractivity (Wildman–Crippen MR) is 81.5 cm³/mol. The number of benzene rings is 1. The molecule has 4 nitrogen and oxygen atoms in total. The molecule has 21 heavy (non-hydrogen) atoms. The number of carbonyl (C=O) groups is 2. The van der Waals surface area contributed by atoms with E-state index in [0.717, 1.165) is 12.8 Å². The third kappa shape index (κ3) is 3.89. The largest absolute Gasteiger partial charge is 0.467 e. The number of nitrogens with zero attached hydrogens (tertiary/aromatic N) is 1. The van der Waals surface area contributed by atoms with Gasteiger partial charge in [0.15, 0.2) is 0 Å². The Morgan fingerprint density at radius 3 is 2.76 bits per heavy atom. The summed E-state index contributed by atoms with van der Waals surface area (Å²) < 4.78 is 4.78. The van der Waals surface area contributed by atoms with Gasteiger partial charge in [0, 0.05) is 16.6 Å². The molecule has 1 aliphatic heterocycles. The molecule has 0 saturated carbocycles. The van der Waals surface area contributed by atoms with Gasteiger partial charge in [-0.15, -0.1) is 0 Å². The molecule has 1 amide bonds. The molecule has 114 valence electrons. The molecule has 0 spiro atoms. The zero-order chi connectivity index (χ0) is 15.4. The smallest absolute Gasteiger partial charge is 0.328 e. The number of esters is 1. The maximum Gasteiger partial charge on any atom is 0.328 e. The van der Waals surface area contributed by atoms with E-state index >= 15 is 0 Å². The molecule has 1 aromatic carbocycles. The number of hydrogen-bond donors (Lipinski definition) is 0. The van der Waals surface area contributed by atoms with E-state index in [1.54, 1.807) is 23.1 Å². The van der Waals surface area contributed by atoms with Crippen molar-refractivity contribution in [2.24, 2.45) is 0 Å². The van der Waals surface area contributed by atoms with Gasteiger partial charge in [-0.1, -0.05) is 29.3 Å². The molecular weight excluding hydrogens is 313 g/mol. The van der Waals surface area contributed by atoms with Crippen LogP contribution in [0.1, 0.15) is 24.8 Å². The lowest BCUT2D eigenvalue weighted by molar-refractivity contribution is -0.154. The first-order valence-corrected chi connectivity index (χ1v) is 7.59. The molecule has 6 heteroatoms. The molecule has 1 aromatic rings.